The van der Waals surface area contributed by atoms with Crippen molar-refractivity contribution in [3.8, 4) is 0 Å². The molecule has 1 rings (SSSR count). The molecule has 1 heterocycles. The summed E-state index contributed by atoms with van der Waals surface area (Å²) in [6, 6.07) is 0.0185. The molecule has 0 aromatic carbocycles. The van der Waals surface area contributed by atoms with E-state index >= 15 is 0 Å². The number of aromatic nitrogens is 2. The summed E-state index contributed by atoms with van der Waals surface area (Å²) in [5.41, 5.74) is 5.46. The second-order valence-electron chi connectivity index (χ2n) is 1.76. The Hall–Kier alpha value is -0.540. The fourth-order valence-corrected chi connectivity index (χ4v) is 0.526. The molecule has 4 heteroatoms. The van der Waals surface area contributed by atoms with Gasteiger partial charge in [-0.3, -0.25) is 0 Å². The van der Waals surface area contributed by atoms with Gasteiger partial charge >= 0.3 is 0 Å². The van der Waals surface area contributed by atoms with Crippen molar-refractivity contribution >= 4 is 12.4 Å². The zero-order chi connectivity index (χ0) is 5.98. The Labute approximate surface area is 60.1 Å². The molecule has 0 spiro atoms. The van der Waals surface area contributed by atoms with Gasteiger partial charge in [-0.05, 0) is 6.92 Å². The molecule has 0 radical (unpaired) electrons. The molecule has 52 valence electrons. The van der Waals surface area contributed by atoms with Gasteiger partial charge in [0, 0.05) is 12.4 Å². The molecule has 0 fully saturated rings. The second kappa shape index (κ2) is 3.48. The first kappa shape index (κ1) is 8.46. The van der Waals surface area contributed by atoms with E-state index in [0.717, 1.165) is 5.82 Å². The number of H-pyrrole nitrogens is 1. The van der Waals surface area contributed by atoms with Gasteiger partial charge in [-0.15, -0.1) is 12.4 Å². The number of hydrogen-bond donors (Lipinski definition) is 2. The maximum absolute atomic E-state index is 5.46. The number of nitrogens with zero attached hydrogens (tertiary/aromatic N) is 1. The molecule has 0 aliphatic carbocycles. The van der Waals surface area contributed by atoms with Gasteiger partial charge < -0.3 is 10.7 Å². The largest absolute Gasteiger partial charge is 0.347 e. The molecule has 0 amide bonds. The smallest absolute Gasteiger partial charge is 0.122 e. The predicted octanol–water partition coefficient (Wildman–Crippen LogP) is 0.851. The minimum absolute atomic E-state index is 0. The van der Waals surface area contributed by atoms with Crippen LogP contribution in [0.4, 0.5) is 0 Å². The molecule has 0 bridgehead atoms. The Kier molecular flexibility index (Phi) is 3.27. The average molecular weight is 148 g/mol. The van der Waals surface area contributed by atoms with Crippen LogP contribution in [0.3, 0.4) is 0 Å². The van der Waals surface area contributed by atoms with Gasteiger partial charge in [0.15, 0.2) is 0 Å². The summed E-state index contributed by atoms with van der Waals surface area (Å²) in [5.74, 6) is 0.838. The van der Waals surface area contributed by atoms with E-state index in [1.807, 2.05) is 6.92 Å². The van der Waals surface area contributed by atoms with E-state index < -0.39 is 0 Å². The van der Waals surface area contributed by atoms with Crippen LogP contribution in [-0.2, 0) is 0 Å². The molecular weight excluding hydrogens is 138 g/mol. The maximum atomic E-state index is 5.46. The van der Waals surface area contributed by atoms with Gasteiger partial charge in [0.2, 0.25) is 0 Å². The first-order valence-electron chi connectivity index (χ1n) is 2.55. The highest BCUT2D eigenvalue weighted by Crippen LogP contribution is 1.98. The molecule has 3 N–H and O–H groups in total. The van der Waals surface area contributed by atoms with Crippen molar-refractivity contribution in [3.05, 3.63) is 18.2 Å². The summed E-state index contributed by atoms with van der Waals surface area (Å²) in [6.45, 7) is 1.89. The summed E-state index contributed by atoms with van der Waals surface area (Å²) in [4.78, 5) is 6.84. The van der Waals surface area contributed by atoms with E-state index in [9.17, 15) is 0 Å². The lowest BCUT2D eigenvalue weighted by Crippen LogP contribution is -2.06. The topological polar surface area (TPSA) is 54.7 Å². The van der Waals surface area contributed by atoms with E-state index in [1.165, 1.54) is 0 Å². The van der Waals surface area contributed by atoms with Crippen molar-refractivity contribution in [3.63, 3.8) is 0 Å². The highest BCUT2D eigenvalue weighted by atomic mass is 35.5. The van der Waals surface area contributed by atoms with Crippen molar-refractivity contribution < 1.29 is 0 Å². The van der Waals surface area contributed by atoms with Crippen LogP contribution in [0.5, 0.6) is 0 Å². The lowest BCUT2D eigenvalue weighted by Gasteiger charge is -1.95. The van der Waals surface area contributed by atoms with Crippen LogP contribution in [0.1, 0.15) is 18.8 Å². The highest BCUT2D eigenvalue weighted by molar-refractivity contribution is 5.85. The average Bonchev–Trinajstić information content (AvgIpc) is 2.12. The Morgan fingerprint density at radius 3 is 2.67 bits per heavy atom. The standard InChI is InChI=1S/C5H9N3.ClH/c1-4(6)5-7-2-3-8-5;/h2-4H,6H2,1H3,(H,7,8);1H. The van der Waals surface area contributed by atoms with Crippen LogP contribution in [0.15, 0.2) is 12.4 Å². The predicted molar refractivity (Wildman–Crippen MR) is 38.4 cm³/mol. The van der Waals surface area contributed by atoms with Gasteiger partial charge in [0.05, 0.1) is 6.04 Å². The van der Waals surface area contributed by atoms with Crippen molar-refractivity contribution in [2.24, 2.45) is 5.73 Å². The first-order chi connectivity index (χ1) is 3.80. The van der Waals surface area contributed by atoms with Crippen LogP contribution in [0, 0.1) is 0 Å². The quantitative estimate of drug-likeness (QED) is 0.619. The van der Waals surface area contributed by atoms with Crippen LogP contribution >= 0.6 is 12.4 Å². The fourth-order valence-electron chi connectivity index (χ4n) is 0.526. The molecule has 0 saturated heterocycles. The van der Waals surface area contributed by atoms with E-state index in [0.29, 0.717) is 0 Å². The number of imidazole rings is 1. The second-order valence-corrected chi connectivity index (χ2v) is 1.76. The number of halogens is 1. The molecule has 0 saturated carbocycles. The molecular formula is C5H10ClN3. The van der Waals surface area contributed by atoms with Crippen LogP contribution < -0.4 is 5.73 Å². The normalized spacial score (nSPS) is 12.2. The molecule has 3 nitrogen and oxygen atoms in total. The van der Waals surface area contributed by atoms with Crippen molar-refractivity contribution in [1.82, 2.24) is 9.97 Å². The molecule has 1 unspecified atom stereocenters. The van der Waals surface area contributed by atoms with E-state index in [-0.39, 0.29) is 18.4 Å². The van der Waals surface area contributed by atoms with Crippen molar-refractivity contribution in [2.75, 3.05) is 0 Å². The van der Waals surface area contributed by atoms with Crippen LogP contribution in [-0.4, -0.2) is 9.97 Å². The third-order valence-electron chi connectivity index (χ3n) is 0.951. The lowest BCUT2D eigenvalue weighted by atomic mass is 10.3. The molecule has 1 aromatic rings. The number of aromatic amines is 1. The minimum atomic E-state index is 0. The van der Waals surface area contributed by atoms with E-state index in [1.54, 1.807) is 12.4 Å². The lowest BCUT2D eigenvalue weighted by molar-refractivity contribution is 0.756. The van der Waals surface area contributed by atoms with Crippen LogP contribution in [0.25, 0.3) is 0 Å². The Bertz CT molecular complexity index is 147. The third kappa shape index (κ3) is 2.03. The SMILES string of the molecule is CC(N)c1ncc[nH]1.Cl. The summed E-state index contributed by atoms with van der Waals surface area (Å²) in [5, 5.41) is 0. The first-order valence-corrected chi connectivity index (χ1v) is 2.55. The van der Waals surface area contributed by atoms with E-state index in [4.69, 9.17) is 5.73 Å². The van der Waals surface area contributed by atoms with E-state index in [2.05, 4.69) is 9.97 Å². The number of hydrogen-bond acceptors (Lipinski definition) is 2. The molecule has 1 atom stereocenters. The zero-order valence-electron chi connectivity index (χ0n) is 5.16. The summed E-state index contributed by atoms with van der Waals surface area (Å²) in [6.07, 6.45) is 3.46. The summed E-state index contributed by atoms with van der Waals surface area (Å²) >= 11 is 0. The highest BCUT2D eigenvalue weighted by Gasteiger charge is 1.97. The molecule has 0 aliphatic heterocycles. The van der Waals surface area contributed by atoms with Crippen molar-refractivity contribution in [1.29, 1.82) is 0 Å². The number of nitrogens with two attached hydrogens (primary N) is 1. The molecule has 9 heavy (non-hydrogen) atoms. The number of rotatable bonds is 1. The molecule has 1 aromatic heterocycles. The van der Waals surface area contributed by atoms with Crippen molar-refractivity contribution in [2.45, 2.75) is 13.0 Å². The molecule has 0 aliphatic rings. The third-order valence-corrected chi connectivity index (χ3v) is 0.951. The maximum Gasteiger partial charge on any atom is 0.122 e. The van der Waals surface area contributed by atoms with Gasteiger partial charge in [0.25, 0.3) is 0 Å². The fraction of sp³-hybridized carbons (Fsp3) is 0.400. The Balaban J connectivity index is 0.000000640. The van der Waals surface area contributed by atoms with Gasteiger partial charge in [-0.25, -0.2) is 4.98 Å². The minimum Gasteiger partial charge on any atom is -0.347 e. The zero-order valence-corrected chi connectivity index (χ0v) is 5.98. The van der Waals surface area contributed by atoms with Gasteiger partial charge in [-0.1, -0.05) is 0 Å². The summed E-state index contributed by atoms with van der Waals surface area (Å²) in [7, 11) is 0. The van der Waals surface area contributed by atoms with Gasteiger partial charge in [0.1, 0.15) is 5.82 Å². The summed E-state index contributed by atoms with van der Waals surface area (Å²) < 4.78 is 0. The Morgan fingerprint density at radius 2 is 2.44 bits per heavy atom. The van der Waals surface area contributed by atoms with Gasteiger partial charge in [-0.2, -0.15) is 0 Å². The monoisotopic (exact) mass is 147 g/mol. The number of nitrogens with one attached hydrogen (secondary N) is 1. The van der Waals surface area contributed by atoms with Crippen LogP contribution in [0.2, 0.25) is 0 Å². The Morgan fingerprint density at radius 1 is 1.78 bits per heavy atom.